The lowest BCUT2D eigenvalue weighted by molar-refractivity contribution is -0.202. The van der Waals surface area contributed by atoms with Crippen molar-refractivity contribution >= 4 is 17.5 Å². The number of amides is 1. The second-order valence-corrected chi connectivity index (χ2v) is 11.4. The molecule has 37 heavy (non-hydrogen) atoms. The minimum Gasteiger partial charge on any atom is -0.459 e. The molecule has 1 aromatic rings. The smallest absolute Gasteiger partial charge is 0.312 e. The van der Waals surface area contributed by atoms with E-state index in [0.29, 0.717) is 5.06 Å². The number of allylic oxidation sites excluding steroid dienone is 4. The van der Waals surface area contributed by atoms with Crippen molar-refractivity contribution in [2.45, 2.75) is 51.1 Å². The van der Waals surface area contributed by atoms with E-state index in [1.807, 2.05) is 0 Å². The van der Waals surface area contributed by atoms with Crippen LogP contribution in [0.4, 0.5) is 8.78 Å². The summed E-state index contributed by atoms with van der Waals surface area (Å²) in [6.45, 7) is 2.13. The molecule has 10 heteroatoms. The number of halogens is 2. The van der Waals surface area contributed by atoms with Crippen LogP contribution in [0.5, 0.6) is 0 Å². The van der Waals surface area contributed by atoms with Crippen molar-refractivity contribution in [2.75, 3.05) is 13.2 Å². The maximum absolute atomic E-state index is 17.3. The predicted octanol–water partition coefficient (Wildman–Crippen LogP) is 2.83. The fourth-order valence-corrected chi connectivity index (χ4v) is 8.13. The van der Waals surface area contributed by atoms with Crippen molar-refractivity contribution in [3.8, 4) is 0 Å². The fraction of sp³-hybridized carbons (Fsp3) is 0.593. The summed E-state index contributed by atoms with van der Waals surface area (Å²) in [5.74, 6) is -5.11. The first kappa shape index (κ1) is 25.9. The van der Waals surface area contributed by atoms with Gasteiger partial charge in [-0.25, -0.2) is 13.8 Å². The summed E-state index contributed by atoms with van der Waals surface area (Å²) in [6, 6.07) is 2.86. The second kappa shape index (κ2) is 8.68. The van der Waals surface area contributed by atoms with Gasteiger partial charge >= 0.3 is 5.91 Å². The minimum absolute atomic E-state index is 0.00418. The lowest BCUT2D eigenvalue weighted by atomic mass is 9.45. The van der Waals surface area contributed by atoms with Gasteiger partial charge in [0, 0.05) is 17.3 Å². The summed E-state index contributed by atoms with van der Waals surface area (Å²) in [4.78, 5) is 37.6. The van der Waals surface area contributed by atoms with Gasteiger partial charge in [0.1, 0.15) is 12.8 Å². The highest BCUT2D eigenvalue weighted by molar-refractivity contribution is 6.01. The number of alkyl halides is 2. The lowest BCUT2D eigenvalue weighted by Gasteiger charge is -2.62. The minimum atomic E-state index is -2.31. The van der Waals surface area contributed by atoms with Crippen molar-refractivity contribution in [3.05, 3.63) is 48.0 Å². The van der Waals surface area contributed by atoms with E-state index >= 15 is 8.78 Å². The molecule has 4 aliphatic carbocycles. The monoisotopic (exact) mass is 519 g/mol. The van der Waals surface area contributed by atoms with Crippen molar-refractivity contribution in [1.82, 2.24) is 5.06 Å². The molecule has 1 amide bonds. The van der Waals surface area contributed by atoms with Gasteiger partial charge in [0.25, 0.3) is 0 Å². The Hall–Kier alpha value is -2.69. The van der Waals surface area contributed by atoms with Gasteiger partial charge in [-0.15, -0.1) is 0 Å². The summed E-state index contributed by atoms with van der Waals surface area (Å²) in [7, 11) is 0. The third kappa shape index (κ3) is 3.52. The average molecular weight is 520 g/mol. The standard InChI is InChI=1S/C27H31F2NO7/c1-25-11-22(34)27(29)17(10-19(28)18-9-15(32)5-6-26(18,27)2)16(25)8-14(23(25)20(33)13-31)12-30(36)24(35)21-4-3-7-37-21/h3-7,9,14,16-17,19,22-23,31,34,36H,8,10-13H2,1-2H3/t14-,16?,17-,19-,22-,23+,25-,26-,27-/m0/s1. The van der Waals surface area contributed by atoms with Crippen LogP contribution >= 0.6 is 0 Å². The molecule has 0 radical (unpaired) electrons. The number of carbonyl (C=O) groups excluding carboxylic acids is 3. The Balaban J connectivity index is 1.53. The van der Waals surface area contributed by atoms with Crippen LogP contribution in [0.15, 0.2) is 46.6 Å². The number of rotatable bonds is 5. The number of nitrogens with zero attached hydrogens (tertiary/aromatic N) is 1. The molecule has 0 spiro atoms. The van der Waals surface area contributed by atoms with Crippen LogP contribution in [0.3, 0.4) is 0 Å². The third-order valence-electron chi connectivity index (χ3n) is 9.68. The number of aliphatic hydroxyl groups is 2. The number of hydroxylamine groups is 2. The molecule has 1 heterocycles. The first-order chi connectivity index (χ1) is 17.4. The Morgan fingerprint density at radius 3 is 2.62 bits per heavy atom. The van der Waals surface area contributed by atoms with Gasteiger partial charge in [0.2, 0.25) is 0 Å². The summed E-state index contributed by atoms with van der Waals surface area (Å²) in [5.41, 5.74) is -4.89. The molecule has 3 fully saturated rings. The van der Waals surface area contributed by atoms with Gasteiger partial charge in [-0.1, -0.05) is 13.0 Å². The van der Waals surface area contributed by atoms with Crippen LogP contribution in [0, 0.1) is 34.5 Å². The number of aliphatic hydroxyl groups excluding tert-OH is 2. The zero-order valence-corrected chi connectivity index (χ0v) is 20.6. The highest BCUT2D eigenvalue weighted by atomic mass is 19.1. The van der Waals surface area contributed by atoms with Gasteiger partial charge in [0.15, 0.2) is 23.0 Å². The first-order valence-corrected chi connectivity index (χ1v) is 12.5. The molecule has 3 saturated carbocycles. The van der Waals surface area contributed by atoms with Gasteiger partial charge in [-0.2, -0.15) is 0 Å². The number of Topliss-reactive ketones (excluding diaryl/α,β-unsaturated/α-hetero) is 1. The van der Waals surface area contributed by atoms with Crippen molar-refractivity contribution < 1.29 is 43.0 Å². The number of hydrogen-bond donors (Lipinski definition) is 3. The summed E-state index contributed by atoms with van der Waals surface area (Å²) < 4.78 is 37.9. The number of furan rings is 1. The maximum atomic E-state index is 17.3. The highest BCUT2D eigenvalue weighted by Gasteiger charge is 2.73. The van der Waals surface area contributed by atoms with E-state index in [4.69, 9.17) is 4.42 Å². The molecule has 200 valence electrons. The second-order valence-electron chi connectivity index (χ2n) is 11.4. The van der Waals surface area contributed by atoms with Crippen molar-refractivity contribution in [3.63, 3.8) is 0 Å². The van der Waals surface area contributed by atoms with E-state index in [2.05, 4.69) is 0 Å². The molecule has 0 bridgehead atoms. The van der Waals surface area contributed by atoms with Crippen molar-refractivity contribution in [2.24, 2.45) is 34.5 Å². The molecule has 0 aromatic carbocycles. The first-order valence-electron chi connectivity index (χ1n) is 12.5. The maximum Gasteiger partial charge on any atom is 0.312 e. The van der Waals surface area contributed by atoms with Crippen LogP contribution < -0.4 is 0 Å². The topological polar surface area (TPSA) is 128 Å². The fourth-order valence-electron chi connectivity index (χ4n) is 8.13. The normalized spacial score (nSPS) is 42.5. The van der Waals surface area contributed by atoms with Crippen LogP contribution in [0.1, 0.15) is 43.7 Å². The summed E-state index contributed by atoms with van der Waals surface area (Å²) in [6.07, 6.45) is 1.47. The molecule has 1 aromatic heterocycles. The molecule has 1 unspecified atom stereocenters. The Morgan fingerprint density at radius 2 is 1.97 bits per heavy atom. The van der Waals surface area contributed by atoms with Crippen molar-refractivity contribution in [1.29, 1.82) is 0 Å². The summed E-state index contributed by atoms with van der Waals surface area (Å²) >= 11 is 0. The number of ketones is 2. The Morgan fingerprint density at radius 1 is 1.24 bits per heavy atom. The Kier molecular flexibility index (Phi) is 6.08. The number of hydrogen-bond acceptors (Lipinski definition) is 7. The molecule has 3 N–H and O–H groups in total. The van der Waals surface area contributed by atoms with E-state index in [0.717, 1.165) is 6.08 Å². The predicted molar refractivity (Wildman–Crippen MR) is 125 cm³/mol. The quantitative estimate of drug-likeness (QED) is 0.403. The SMILES string of the molecule is C[C@]12C[C@H](O)[C@@]3(F)[C@@H](C[C@H](F)C4=CC(=O)C=C[C@@]43C)C1C[C@@H](CN(O)C(=O)c1ccco1)[C@@H]2C(=O)CO. The third-order valence-corrected chi connectivity index (χ3v) is 9.68. The highest BCUT2D eigenvalue weighted by Crippen LogP contribution is 2.70. The number of carbonyl (C=O) groups is 3. The van der Waals surface area contributed by atoms with E-state index < -0.39 is 76.5 Å². The molecule has 4 aliphatic rings. The lowest BCUT2D eigenvalue weighted by Crippen LogP contribution is -2.68. The molecule has 8 nitrogen and oxygen atoms in total. The van der Waals surface area contributed by atoms with Gasteiger partial charge in [0.05, 0.1) is 18.9 Å². The molecule has 9 atom stereocenters. The van der Waals surface area contributed by atoms with Crippen LogP contribution in [-0.2, 0) is 9.59 Å². The number of fused-ring (bicyclic) bond motifs is 5. The Labute approximate surface area is 212 Å². The van der Waals surface area contributed by atoms with E-state index in [-0.39, 0.29) is 37.1 Å². The molecular formula is C27H31F2NO7. The van der Waals surface area contributed by atoms with Gasteiger partial charge in [-0.3, -0.25) is 19.6 Å². The van der Waals surface area contributed by atoms with Gasteiger partial charge < -0.3 is 14.6 Å². The van der Waals surface area contributed by atoms with E-state index in [1.165, 1.54) is 37.5 Å². The van der Waals surface area contributed by atoms with Crippen LogP contribution in [0.25, 0.3) is 0 Å². The average Bonchev–Trinajstić information content (AvgIpc) is 3.48. The summed E-state index contributed by atoms with van der Waals surface area (Å²) in [5, 5.41) is 32.1. The van der Waals surface area contributed by atoms with E-state index in [9.17, 15) is 29.8 Å². The zero-order valence-electron chi connectivity index (χ0n) is 20.6. The molecule has 0 saturated heterocycles. The largest absolute Gasteiger partial charge is 0.459 e. The van der Waals surface area contributed by atoms with Gasteiger partial charge in [-0.05, 0) is 73.3 Å². The molecule has 0 aliphatic heterocycles. The molecular weight excluding hydrogens is 488 g/mol. The van der Waals surface area contributed by atoms with Crippen LogP contribution in [0.2, 0.25) is 0 Å². The Bertz CT molecular complexity index is 1180. The zero-order chi connectivity index (χ0) is 26.9. The molecule has 5 rings (SSSR count). The van der Waals surface area contributed by atoms with E-state index in [1.54, 1.807) is 6.92 Å². The van der Waals surface area contributed by atoms with Crippen LogP contribution in [-0.4, -0.2) is 69.1 Å².